The van der Waals surface area contributed by atoms with E-state index >= 15 is 0 Å². The number of rotatable bonds is 6. The summed E-state index contributed by atoms with van der Waals surface area (Å²) in [5.74, 6) is 1.14. The van der Waals surface area contributed by atoms with Crippen LogP contribution in [-0.4, -0.2) is 51.4 Å². The summed E-state index contributed by atoms with van der Waals surface area (Å²) in [5, 5.41) is 15.2. The van der Waals surface area contributed by atoms with Gasteiger partial charge in [0.1, 0.15) is 6.54 Å². The van der Waals surface area contributed by atoms with E-state index in [0.29, 0.717) is 13.1 Å². The topological polar surface area (TPSA) is 87.5 Å². The van der Waals surface area contributed by atoms with Crippen LogP contribution < -0.4 is 5.32 Å². The molecule has 0 saturated heterocycles. The standard InChI is InChI=1S/C11H14N4O3/c1-2-6-14(9-10(16)17)11(18)12-5-8-15-7-3-4-13-15/h1,3-4,7H,5-6,8-9H2,(H,12,18)(H,16,17). The van der Waals surface area contributed by atoms with Gasteiger partial charge in [0.2, 0.25) is 0 Å². The van der Waals surface area contributed by atoms with Crippen LogP contribution in [0.1, 0.15) is 0 Å². The van der Waals surface area contributed by atoms with Crippen LogP contribution in [0.15, 0.2) is 18.5 Å². The smallest absolute Gasteiger partial charge is 0.323 e. The van der Waals surface area contributed by atoms with Crippen LogP contribution in [0.4, 0.5) is 4.79 Å². The first kappa shape index (κ1) is 13.6. The van der Waals surface area contributed by atoms with Gasteiger partial charge in [-0.1, -0.05) is 5.92 Å². The van der Waals surface area contributed by atoms with Crippen molar-refractivity contribution in [3.8, 4) is 12.3 Å². The van der Waals surface area contributed by atoms with Crippen molar-refractivity contribution in [1.82, 2.24) is 20.0 Å². The molecule has 0 aliphatic carbocycles. The summed E-state index contributed by atoms with van der Waals surface area (Å²) in [6, 6.07) is 1.28. The van der Waals surface area contributed by atoms with Crippen molar-refractivity contribution < 1.29 is 14.7 Å². The molecule has 96 valence electrons. The molecule has 0 bridgehead atoms. The van der Waals surface area contributed by atoms with E-state index in [4.69, 9.17) is 11.5 Å². The number of amides is 2. The maximum atomic E-state index is 11.6. The molecule has 1 heterocycles. The zero-order valence-electron chi connectivity index (χ0n) is 9.74. The van der Waals surface area contributed by atoms with Crippen LogP contribution in [-0.2, 0) is 11.3 Å². The lowest BCUT2D eigenvalue weighted by Gasteiger charge is -2.18. The Morgan fingerprint density at radius 2 is 2.33 bits per heavy atom. The molecule has 7 heteroatoms. The van der Waals surface area contributed by atoms with Crippen molar-refractivity contribution in [2.24, 2.45) is 0 Å². The number of carbonyl (C=O) groups is 2. The molecule has 2 amide bonds. The van der Waals surface area contributed by atoms with E-state index < -0.39 is 18.5 Å². The lowest BCUT2D eigenvalue weighted by atomic mass is 10.5. The fraction of sp³-hybridized carbons (Fsp3) is 0.364. The summed E-state index contributed by atoms with van der Waals surface area (Å²) in [4.78, 5) is 23.2. The highest BCUT2D eigenvalue weighted by atomic mass is 16.4. The van der Waals surface area contributed by atoms with E-state index in [1.807, 2.05) is 0 Å². The van der Waals surface area contributed by atoms with Gasteiger partial charge in [-0.25, -0.2) is 4.79 Å². The number of nitrogens with zero attached hydrogens (tertiary/aromatic N) is 3. The maximum absolute atomic E-state index is 11.6. The summed E-state index contributed by atoms with van der Waals surface area (Å²) in [6.45, 7) is 0.397. The van der Waals surface area contributed by atoms with Gasteiger partial charge in [-0.05, 0) is 6.07 Å². The largest absolute Gasteiger partial charge is 0.480 e. The number of aromatic nitrogens is 2. The number of hydrogen-bond donors (Lipinski definition) is 2. The van der Waals surface area contributed by atoms with Crippen molar-refractivity contribution in [1.29, 1.82) is 0 Å². The SMILES string of the molecule is C#CCN(CC(=O)O)C(=O)NCCn1cccn1. The summed E-state index contributed by atoms with van der Waals surface area (Å²) in [6.07, 6.45) is 8.47. The van der Waals surface area contributed by atoms with Crippen LogP contribution >= 0.6 is 0 Å². The molecule has 0 radical (unpaired) electrons. The third-order valence-electron chi connectivity index (χ3n) is 2.07. The summed E-state index contributed by atoms with van der Waals surface area (Å²) >= 11 is 0. The van der Waals surface area contributed by atoms with Crippen LogP contribution in [0, 0.1) is 12.3 Å². The highest BCUT2D eigenvalue weighted by Crippen LogP contribution is 1.90. The first-order valence-corrected chi connectivity index (χ1v) is 5.29. The number of urea groups is 1. The van der Waals surface area contributed by atoms with Gasteiger partial charge in [0.25, 0.3) is 0 Å². The first-order valence-electron chi connectivity index (χ1n) is 5.29. The van der Waals surface area contributed by atoms with Crippen LogP contribution in [0.5, 0.6) is 0 Å². The van der Waals surface area contributed by atoms with Crippen LogP contribution in [0.3, 0.4) is 0 Å². The summed E-state index contributed by atoms with van der Waals surface area (Å²) < 4.78 is 1.66. The Morgan fingerprint density at radius 3 is 2.89 bits per heavy atom. The highest BCUT2D eigenvalue weighted by Gasteiger charge is 2.14. The van der Waals surface area contributed by atoms with E-state index in [9.17, 15) is 9.59 Å². The minimum Gasteiger partial charge on any atom is -0.480 e. The second-order valence-electron chi connectivity index (χ2n) is 3.45. The van der Waals surface area contributed by atoms with Gasteiger partial charge in [-0.2, -0.15) is 5.10 Å². The molecule has 0 saturated carbocycles. The van der Waals surface area contributed by atoms with E-state index in [1.54, 1.807) is 23.1 Å². The number of carboxylic acids is 1. The lowest BCUT2D eigenvalue weighted by molar-refractivity contribution is -0.137. The number of nitrogens with one attached hydrogen (secondary N) is 1. The van der Waals surface area contributed by atoms with Crippen molar-refractivity contribution in [3.05, 3.63) is 18.5 Å². The quantitative estimate of drug-likeness (QED) is 0.673. The molecule has 0 aromatic carbocycles. The molecule has 18 heavy (non-hydrogen) atoms. The molecule has 7 nitrogen and oxygen atoms in total. The molecule has 0 spiro atoms. The van der Waals surface area contributed by atoms with Gasteiger partial charge in [0.05, 0.1) is 13.1 Å². The van der Waals surface area contributed by atoms with Gasteiger partial charge in [-0.3, -0.25) is 9.48 Å². The number of terminal acetylenes is 1. The third kappa shape index (κ3) is 4.57. The second kappa shape index (κ2) is 6.96. The molecule has 1 aromatic rings. The van der Waals surface area contributed by atoms with Gasteiger partial charge in [-0.15, -0.1) is 6.42 Å². The molecule has 1 aromatic heterocycles. The Balaban J connectivity index is 2.36. The Kier molecular flexibility index (Phi) is 5.25. The van der Waals surface area contributed by atoms with Crippen LogP contribution in [0.25, 0.3) is 0 Å². The van der Waals surface area contributed by atoms with Gasteiger partial charge in [0.15, 0.2) is 0 Å². The Hall–Kier alpha value is -2.49. The molecule has 0 fully saturated rings. The van der Waals surface area contributed by atoms with Crippen molar-refractivity contribution in [2.45, 2.75) is 6.54 Å². The first-order chi connectivity index (χ1) is 8.63. The summed E-state index contributed by atoms with van der Waals surface area (Å²) in [5.41, 5.74) is 0. The highest BCUT2D eigenvalue weighted by molar-refractivity contribution is 5.80. The van der Waals surface area contributed by atoms with Gasteiger partial charge in [0, 0.05) is 18.9 Å². The lowest BCUT2D eigenvalue weighted by Crippen LogP contribution is -2.43. The molecule has 0 unspecified atom stereocenters. The maximum Gasteiger partial charge on any atom is 0.323 e. The average molecular weight is 250 g/mol. The fourth-order valence-electron chi connectivity index (χ4n) is 1.29. The Labute approximate surface area is 104 Å². The molecule has 2 N–H and O–H groups in total. The minimum atomic E-state index is -1.10. The molecular weight excluding hydrogens is 236 g/mol. The predicted octanol–water partition coefficient (Wildman–Crippen LogP) is -0.387. The molecule has 1 rings (SSSR count). The summed E-state index contributed by atoms with van der Waals surface area (Å²) in [7, 11) is 0. The molecule has 0 aliphatic heterocycles. The molecule has 0 aliphatic rings. The normalized spacial score (nSPS) is 9.50. The zero-order chi connectivity index (χ0) is 13.4. The van der Waals surface area contributed by atoms with Crippen molar-refractivity contribution in [2.75, 3.05) is 19.6 Å². The monoisotopic (exact) mass is 250 g/mol. The number of carboxylic acid groups (broad SMARTS) is 1. The molecular formula is C11H14N4O3. The number of hydrogen-bond acceptors (Lipinski definition) is 3. The number of aliphatic carboxylic acids is 1. The minimum absolute atomic E-state index is 0.0418. The number of carbonyl (C=O) groups excluding carboxylic acids is 1. The predicted molar refractivity (Wildman–Crippen MR) is 63.7 cm³/mol. The van der Waals surface area contributed by atoms with Gasteiger partial charge >= 0.3 is 12.0 Å². The molecule has 0 atom stereocenters. The van der Waals surface area contributed by atoms with Gasteiger partial charge < -0.3 is 15.3 Å². The average Bonchev–Trinajstić information content (AvgIpc) is 2.81. The third-order valence-corrected chi connectivity index (χ3v) is 2.07. The van der Waals surface area contributed by atoms with Crippen molar-refractivity contribution >= 4 is 12.0 Å². The zero-order valence-corrected chi connectivity index (χ0v) is 9.74. The fourth-order valence-corrected chi connectivity index (χ4v) is 1.29. The van der Waals surface area contributed by atoms with Crippen molar-refractivity contribution in [3.63, 3.8) is 0 Å². The van der Waals surface area contributed by atoms with Crippen LogP contribution in [0.2, 0.25) is 0 Å². The van der Waals surface area contributed by atoms with E-state index in [0.717, 1.165) is 4.90 Å². The Morgan fingerprint density at radius 1 is 1.56 bits per heavy atom. The second-order valence-corrected chi connectivity index (χ2v) is 3.45. The van der Waals surface area contributed by atoms with E-state index in [-0.39, 0.29) is 6.54 Å². The Bertz CT molecular complexity index is 436. The van der Waals surface area contributed by atoms with E-state index in [2.05, 4.69) is 16.3 Å². The van der Waals surface area contributed by atoms with E-state index in [1.165, 1.54) is 0 Å².